The minimum atomic E-state index is 0.656. The lowest BCUT2D eigenvalue weighted by Crippen LogP contribution is -2.39. The summed E-state index contributed by atoms with van der Waals surface area (Å²) in [5.41, 5.74) is 1.25. The van der Waals surface area contributed by atoms with Crippen LogP contribution < -0.4 is 5.32 Å². The highest BCUT2D eigenvalue weighted by Gasteiger charge is 2.34. The summed E-state index contributed by atoms with van der Waals surface area (Å²) in [4.78, 5) is 2.59. The number of hydrogen-bond acceptors (Lipinski definition) is 2. The molecule has 2 aliphatic heterocycles. The standard InChI is InChI=1S/C13H16BrIN2/c14-11-2-1-10(15)7-13(11)16-12-4-6-17-5-3-9(12)8-17/h1-2,7,9,12,16H,3-6,8H2. The fourth-order valence-corrected chi connectivity index (χ4v) is 3.80. The summed E-state index contributed by atoms with van der Waals surface area (Å²) >= 11 is 6.00. The number of nitrogens with zero attached hydrogens (tertiary/aromatic N) is 1. The molecule has 0 aromatic heterocycles. The maximum atomic E-state index is 3.74. The van der Waals surface area contributed by atoms with Crippen LogP contribution in [-0.4, -0.2) is 30.6 Å². The summed E-state index contributed by atoms with van der Waals surface area (Å²) in [6.07, 6.45) is 2.64. The van der Waals surface area contributed by atoms with Crippen LogP contribution in [0.25, 0.3) is 0 Å². The van der Waals surface area contributed by atoms with Gasteiger partial charge >= 0.3 is 0 Å². The van der Waals surface area contributed by atoms with Gasteiger partial charge in [0.25, 0.3) is 0 Å². The first-order valence-electron chi connectivity index (χ1n) is 6.16. The molecular formula is C13H16BrIN2. The van der Waals surface area contributed by atoms with E-state index in [1.807, 2.05) is 0 Å². The van der Waals surface area contributed by atoms with E-state index in [1.54, 1.807) is 0 Å². The van der Waals surface area contributed by atoms with Crippen LogP contribution in [0.2, 0.25) is 0 Å². The van der Waals surface area contributed by atoms with Crippen molar-refractivity contribution in [2.24, 2.45) is 5.92 Å². The zero-order valence-corrected chi connectivity index (χ0v) is 13.4. The largest absolute Gasteiger partial charge is 0.381 e. The zero-order chi connectivity index (χ0) is 11.8. The molecule has 0 radical (unpaired) electrons. The molecular weight excluding hydrogens is 391 g/mol. The lowest BCUT2D eigenvalue weighted by Gasteiger charge is -2.32. The zero-order valence-electron chi connectivity index (χ0n) is 9.63. The van der Waals surface area contributed by atoms with Crippen molar-refractivity contribution >= 4 is 44.2 Å². The summed E-state index contributed by atoms with van der Waals surface area (Å²) in [5, 5.41) is 3.74. The third-order valence-corrected chi connectivity index (χ3v) is 5.27. The Hall–Kier alpha value is 0.190. The molecule has 3 atom stereocenters. The molecule has 2 aliphatic rings. The summed E-state index contributed by atoms with van der Waals surface area (Å²) in [5.74, 6) is 0.841. The van der Waals surface area contributed by atoms with Gasteiger partial charge in [0.2, 0.25) is 0 Å². The van der Waals surface area contributed by atoms with Crippen molar-refractivity contribution in [2.75, 3.05) is 25.0 Å². The van der Waals surface area contributed by atoms with E-state index in [4.69, 9.17) is 0 Å². The summed E-state index contributed by atoms with van der Waals surface area (Å²) < 4.78 is 2.47. The number of rotatable bonds is 2. The molecule has 0 aliphatic carbocycles. The predicted molar refractivity (Wildman–Crippen MR) is 83.4 cm³/mol. The van der Waals surface area contributed by atoms with E-state index in [-0.39, 0.29) is 0 Å². The maximum Gasteiger partial charge on any atom is 0.0497 e. The summed E-state index contributed by atoms with van der Waals surface area (Å²) in [6.45, 7) is 3.85. The van der Waals surface area contributed by atoms with Crippen LogP contribution >= 0.6 is 38.5 Å². The highest BCUT2D eigenvalue weighted by Crippen LogP contribution is 2.32. The van der Waals surface area contributed by atoms with E-state index in [1.165, 1.54) is 46.2 Å². The number of fused-ring (bicyclic) bond motifs is 2. The van der Waals surface area contributed by atoms with E-state index in [0.29, 0.717) is 6.04 Å². The molecule has 2 fully saturated rings. The maximum absolute atomic E-state index is 3.74. The minimum absolute atomic E-state index is 0.656. The van der Waals surface area contributed by atoms with E-state index in [2.05, 4.69) is 66.9 Å². The molecule has 2 bridgehead atoms. The van der Waals surface area contributed by atoms with Gasteiger partial charge in [-0.1, -0.05) is 0 Å². The molecule has 92 valence electrons. The van der Waals surface area contributed by atoms with Gasteiger partial charge in [-0.25, -0.2) is 0 Å². The Kier molecular flexibility index (Phi) is 3.64. The average Bonchev–Trinajstić information content (AvgIpc) is 2.70. The molecule has 0 amide bonds. The number of benzene rings is 1. The molecule has 3 unspecified atom stereocenters. The fraction of sp³-hybridized carbons (Fsp3) is 0.538. The van der Waals surface area contributed by atoms with Gasteiger partial charge in [-0.3, -0.25) is 0 Å². The van der Waals surface area contributed by atoms with E-state index in [9.17, 15) is 0 Å². The molecule has 2 nitrogen and oxygen atoms in total. The predicted octanol–water partition coefficient (Wildman–Crippen LogP) is 3.56. The smallest absolute Gasteiger partial charge is 0.0497 e. The third-order valence-electron chi connectivity index (χ3n) is 3.90. The van der Waals surface area contributed by atoms with Crippen molar-refractivity contribution in [3.8, 4) is 0 Å². The molecule has 2 heterocycles. The topological polar surface area (TPSA) is 15.3 Å². The summed E-state index contributed by atoms with van der Waals surface area (Å²) in [7, 11) is 0. The second kappa shape index (κ2) is 5.05. The molecule has 17 heavy (non-hydrogen) atoms. The fourth-order valence-electron chi connectivity index (χ4n) is 2.95. The number of halogens is 2. The normalized spacial score (nSPS) is 31.5. The van der Waals surface area contributed by atoms with Crippen LogP contribution in [-0.2, 0) is 0 Å². The second-order valence-corrected chi connectivity index (χ2v) is 7.11. The SMILES string of the molecule is Brc1ccc(I)cc1NC1CCN2CCC1C2. The summed E-state index contributed by atoms with van der Waals surface area (Å²) in [6, 6.07) is 7.15. The van der Waals surface area contributed by atoms with Crippen molar-refractivity contribution in [2.45, 2.75) is 18.9 Å². The van der Waals surface area contributed by atoms with Gasteiger partial charge in [-0.05, 0) is 82.0 Å². The Morgan fingerprint density at radius 3 is 3.00 bits per heavy atom. The Labute approximate surface area is 124 Å². The molecule has 1 N–H and O–H groups in total. The van der Waals surface area contributed by atoms with Gasteiger partial charge in [0.1, 0.15) is 0 Å². The lowest BCUT2D eigenvalue weighted by atomic mass is 9.94. The Bertz CT molecular complexity index is 424. The van der Waals surface area contributed by atoms with Gasteiger partial charge in [0.05, 0.1) is 0 Å². The van der Waals surface area contributed by atoms with Crippen molar-refractivity contribution in [3.63, 3.8) is 0 Å². The van der Waals surface area contributed by atoms with Gasteiger partial charge < -0.3 is 10.2 Å². The third kappa shape index (κ3) is 2.63. The lowest BCUT2D eigenvalue weighted by molar-refractivity contribution is 0.255. The molecule has 0 saturated carbocycles. The van der Waals surface area contributed by atoms with Gasteiger partial charge in [0, 0.05) is 32.9 Å². The number of hydrogen-bond donors (Lipinski definition) is 1. The Balaban J connectivity index is 1.75. The van der Waals surface area contributed by atoms with E-state index < -0.39 is 0 Å². The van der Waals surface area contributed by atoms with Crippen LogP contribution in [0.15, 0.2) is 22.7 Å². The van der Waals surface area contributed by atoms with Gasteiger partial charge in [-0.2, -0.15) is 0 Å². The number of nitrogens with one attached hydrogen (secondary N) is 1. The molecule has 3 rings (SSSR count). The average molecular weight is 407 g/mol. The van der Waals surface area contributed by atoms with E-state index >= 15 is 0 Å². The van der Waals surface area contributed by atoms with Crippen molar-refractivity contribution in [3.05, 3.63) is 26.2 Å². The molecule has 1 aromatic carbocycles. The molecule has 1 aromatic rings. The van der Waals surface area contributed by atoms with Crippen LogP contribution in [0.3, 0.4) is 0 Å². The van der Waals surface area contributed by atoms with Crippen LogP contribution in [0, 0.1) is 9.49 Å². The molecule has 0 spiro atoms. The molecule has 4 heteroatoms. The first-order chi connectivity index (χ1) is 8.22. The number of anilines is 1. The second-order valence-electron chi connectivity index (χ2n) is 5.01. The van der Waals surface area contributed by atoms with E-state index in [0.717, 1.165) is 5.92 Å². The molecule has 2 saturated heterocycles. The first-order valence-corrected chi connectivity index (χ1v) is 8.03. The van der Waals surface area contributed by atoms with Gasteiger partial charge in [0.15, 0.2) is 0 Å². The first kappa shape index (κ1) is 12.2. The minimum Gasteiger partial charge on any atom is -0.381 e. The van der Waals surface area contributed by atoms with Crippen LogP contribution in [0.4, 0.5) is 5.69 Å². The van der Waals surface area contributed by atoms with Gasteiger partial charge in [-0.15, -0.1) is 0 Å². The monoisotopic (exact) mass is 406 g/mol. The van der Waals surface area contributed by atoms with Crippen LogP contribution in [0.5, 0.6) is 0 Å². The Morgan fingerprint density at radius 2 is 2.12 bits per heavy atom. The quantitative estimate of drug-likeness (QED) is 0.755. The Morgan fingerprint density at radius 1 is 1.29 bits per heavy atom. The van der Waals surface area contributed by atoms with Crippen molar-refractivity contribution in [1.82, 2.24) is 4.90 Å². The highest BCUT2D eigenvalue weighted by molar-refractivity contribution is 14.1. The van der Waals surface area contributed by atoms with Crippen LogP contribution in [0.1, 0.15) is 12.8 Å². The van der Waals surface area contributed by atoms with Crippen molar-refractivity contribution in [1.29, 1.82) is 0 Å². The number of piperidine rings is 1. The highest BCUT2D eigenvalue weighted by atomic mass is 127. The van der Waals surface area contributed by atoms with Crippen molar-refractivity contribution < 1.29 is 0 Å².